The number of rotatable bonds is 2. The normalized spacial score (nSPS) is 22.4. The van der Waals surface area contributed by atoms with E-state index in [2.05, 4.69) is 9.88 Å². The van der Waals surface area contributed by atoms with Gasteiger partial charge in [-0.2, -0.15) is 0 Å². The fraction of sp³-hybridized carbons (Fsp3) is 0.550. The molecule has 2 fully saturated rings. The van der Waals surface area contributed by atoms with Gasteiger partial charge in [-0.3, -0.25) is 4.98 Å². The number of nitrogens with zero attached hydrogens (tertiary/aromatic N) is 4. The van der Waals surface area contributed by atoms with E-state index < -0.39 is 0 Å². The van der Waals surface area contributed by atoms with E-state index in [0.717, 1.165) is 62.2 Å². The Morgan fingerprint density at radius 3 is 2.54 bits per heavy atom. The van der Waals surface area contributed by atoms with Crippen LogP contribution in [-0.2, 0) is 0 Å². The number of urea groups is 1. The minimum absolute atomic E-state index is 0.250. The second kappa shape index (κ2) is 7.48. The van der Waals surface area contributed by atoms with Crippen molar-refractivity contribution >= 4 is 22.9 Å². The molecule has 2 aliphatic rings. The zero-order valence-electron chi connectivity index (χ0n) is 15.2. The molecule has 0 aliphatic carbocycles. The molecule has 4 rings (SSSR count). The Hall–Kier alpha value is -2.37. The summed E-state index contributed by atoms with van der Waals surface area (Å²) in [6.45, 7) is 2.73. The van der Waals surface area contributed by atoms with E-state index in [-0.39, 0.29) is 6.03 Å². The van der Waals surface area contributed by atoms with Crippen LogP contribution >= 0.6 is 0 Å². The van der Waals surface area contributed by atoms with Crippen LogP contribution in [0.3, 0.4) is 0 Å². The molecule has 2 N–H and O–H groups in total. The number of hydrogen-bond acceptors (Lipinski definition) is 4. The number of likely N-dealkylation sites (tertiary alicyclic amines) is 1. The maximum atomic E-state index is 11.9. The second-order valence-electron chi connectivity index (χ2n) is 7.49. The molecule has 2 amide bonds. The number of carbonyl (C=O) groups is 1. The van der Waals surface area contributed by atoms with Crippen molar-refractivity contribution in [3.63, 3.8) is 0 Å². The van der Waals surface area contributed by atoms with Crippen molar-refractivity contribution in [2.75, 3.05) is 24.5 Å². The number of amides is 2. The second-order valence-corrected chi connectivity index (χ2v) is 7.49. The van der Waals surface area contributed by atoms with Gasteiger partial charge in [0.05, 0.1) is 17.2 Å². The van der Waals surface area contributed by atoms with Crippen molar-refractivity contribution in [3.05, 3.63) is 30.5 Å². The number of para-hydroxylation sites is 2. The van der Waals surface area contributed by atoms with E-state index in [1.54, 1.807) is 0 Å². The molecule has 0 radical (unpaired) electrons. The topological polar surface area (TPSA) is 75.4 Å². The van der Waals surface area contributed by atoms with Crippen LogP contribution in [-0.4, -0.2) is 46.6 Å². The summed E-state index contributed by atoms with van der Waals surface area (Å²) in [5.41, 5.74) is 7.54. The predicted molar refractivity (Wildman–Crippen MR) is 103 cm³/mol. The van der Waals surface area contributed by atoms with Crippen LogP contribution in [0.5, 0.6) is 0 Å². The van der Waals surface area contributed by atoms with Gasteiger partial charge < -0.3 is 15.5 Å². The van der Waals surface area contributed by atoms with Gasteiger partial charge in [0.1, 0.15) is 5.82 Å². The standard InChI is InChI=1S/C20H27N5O/c21-20(26)25-11-5-1-2-8-18(25)15-9-12-24(13-10-15)19-14-22-16-6-3-4-7-17(16)23-19/h3-4,6-7,14-15,18H,1-2,5,8-13H2,(H2,21,26)/t18-/m0/s1. The first kappa shape index (κ1) is 17.1. The molecule has 1 aromatic heterocycles. The molecule has 0 saturated carbocycles. The molecule has 2 saturated heterocycles. The molecule has 0 unspecified atom stereocenters. The summed E-state index contributed by atoms with van der Waals surface area (Å²) in [6.07, 6.45) is 8.58. The van der Waals surface area contributed by atoms with Crippen molar-refractivity contribution in [3.8, 4) is 0 Å². The predicted octanol–water partition coefficient (Wildman–Crippen LogP) is 3.17. The van der Waals surface area contributed by atoms with E-state index in [0.29, 0.717) is 12.0 Å². The number of benzene rings is 1. The summed E-state index contributed by atoms with van der Waals surface area (Å²) in [7, 11) is 0. The van der Waals surface area contributed by atoms with Crippen molar-refractivity contribution in [2.45, 2.75) is 44.6 Å². The fourth-order valence-electron chi connectivity index (χ4n) is 4.51. The van der Waals surface area contributed by atoms with Gasteiger partial charge >= 0.3 is 6.03 Å². The Kier molecular flexibility index (Phi) is 4.91. The largest absolute Gasteiger partial charge is 0.355 e. The molecule has 3 heterocycles. The van der Waals surface area contributed by atoms with Gasteiger partial charge in [-0.25, -0.2) is 9.78 Å². The van der Waals surface area contributed by atoms with Gasteiger partial charge in [0, 0.05) is 25.7 Å². The first-order valence-corrected chi connectivity index (χ1v) is 9.75. The number of nitrogens with two attached hydrogens (primary N) is 1. The van der Waals surface area contributed by atoms with Gasteiger partial charge in [-0.05, 0) is 43.7 Å². The van der Waals surface area contributed by atoms with Crippen molar-refractivity contribution in [1.82, 2.24) is 14.9 Å². The van der Waals surface area contributed by atoms with Gasteiger partial charge in [0.15, 0.2) is 0 Å². The zero-order chi connectivity index (χ0) is 17.9. The van der Waals surface area contributed by atoms with Crippen LogP contribution in [0.1, 0.15) is 38.5 Å². The fourth-order valence-corrected chi connectivity index (χ4v) is 4.51. The van der Waals surface area contributed by atoms with E-state index in [1.165, 1.54) is 12.8 Å². The van der Waals surface area contributed by atoms with E-state index in [9.17, 15) is 4.79 Å². The molecule has 0 bridgehead atoms. The van der Waals surface area contributed by atoms with Crippen LogP contribution in [0.25, 0.3) is 11.0 Å². The van der Waals surface area contributed by atoms with Crippen LogP contribution in [0, 0.1) is 5.92 Å². The average Bonchev–Trinajstić information content (AvgIpc) is 2.94. The van der Waals surface area contributed by atoms with Crippen LogP contribution in [0.2, 0.25) is 0 Å². The molecular formula is C20H27N5O. The molecule has 6 heteroatoms. The first-order chi connectivity index (χ1) is 12.7. The third kappa shape index (κ3) is 3.45. The third-order valence-corrected chi connectivity index (χ3v) is 5.93. The third-order valence-electron chi connectivity index (χ3n) is 5.93. The lowest BCUT2D eigenvalue weighted by atomic mass is 9.86. The Bertz CT molecular complexity index is 772. The van der Waals surface area contributed by atoms with Gasteiger partial charge in [0.2, 0.25) is 0 Å². The van der Waals surface area contributed by atoms with Crippen molar-refractivity contribution < 1.29 is 4.79 Å². The Balaban J connectivity index is 1.44. The summed E-state index contributed by atoms with van der Waals surface area (Å²) in [5, 5.41) is 0. The quantitative estimate of drug-likeness (QED) is 0.900. The number of piperidine rings is 1. The highest BCUT2D eigenvalue weighted by molar-refractivity contribution is 5.75. The van der Waals surface area contributed by atoms with Crippen molar-refractivity contribution in [1.29, 1.82) is 0 Å². The maximum absolute atomic E-state index is 11.9. The smallest absolute Gasteiger partial charge is 0.315 e. The summed E-state index contributed by atoms with van der Waals surface area (Å²) in [4.78, 5) is 25.5. The molecule has 2 aliphatic heterocycles. The highest BCUT2D eigenvalue weighted by Crippen LogP contribution is 2.31. The maximum Gasteiger partial charge on any atom is 0.315 e. The lowest BCUT2D eigenvalue weighted by molar-refractivity contribution is 0.143. The molecule has 6 nitrogen and oxygen atoms in total. The van der Waals surface area contributed by atoms with Gasteiger partial charge in [0.25, 0.3) is 0 Å². The molecule has 138 valence electrons. The minimum atomic E-state index is -0.250. The van der Waals surface area contributed by atoms with Crippen molar-refractivity contribution in [2.24, 2.45) is 11.7 Å². The monoisotopic (exact) mass is 353 g/mol. The van der Waals surface area contributed by atoms with Crippen LogP contribution in [0.4, 0.5) is 10.6 Å². The first-order valence-electron chi connectivity index (χ1n) is 9.75. The molecule has 1 atom stereocenters. The number of fused-ring (bicyclic) bond motifs is 1. The molecule has 1 aromatic carbocycles. The lowest BCUT2D eigenvalue weighted by Gasteiger charge is -2.40. The number of anilines is 1. The van der Waals surface area contributed by atoms with E-state index in [1.807, 2.05) is 35.4 Å². The molecular weight excluding hydrogens is 326 g/mol. The summed E-state index contributed by atoms with van der Waals surface area (Å²) >= 11 is 0. The number of aromatic nitrogens is 2. The van der Waals surface area contributed by atoms with Crippen LogP contribution in [0.15, 0.2) is 30.5 Å². The summed E-state index contributed by atoms with van der Waals surface area (Å²) < 4.78 is 0. The highest BCUT2D eigenvalue weighted by Gasteiger charge is 2.33. The SMILES string of the molecule is NC(=O)N1CCCCC[C@H]1C1CCN(c2cnc3ccccc3n2)CC1. The Morgan fingerprint density at radius 1 is 1.00 bits per heavy atom. The Labute approximate surface area is 154 Å². The molecule has 2 aromatic rings. The number of hydrogen-bond donors (Lipinski definition) is 1. The average molecular weight is 353 g/mol. The number of primary amides is 1. The summed E-state index contributed by atoms with van der Waals surface area (Å²) in [6, 6.07) is 8.04. The Morgan fingerprint density at radius 2 is 1.77 bits per heavy atom. The van der Waals surface area contributed by atoms with Gasteiger partial charge in [-0.1, -0.05) is 25.0 Å². The van der Waals surface area contributed by atoms with E-state index in [4.69, 9.17) is 10.7 Å². The highest BCUT2D eigenvalue weighted by atomic mass is 16.2. The molecule has 26 heavy (non-hydrogen) atoms. The van der Waals surface area contributed by atoms with E-state index >= 15 is 0 Å². The minimum Gasteiger partial charge on any atom is -0.355 e. The lowest BCUT2D eigenvalue weighted by Crippen LogP contribution is -2.49. The molecule has 0 spiro atoms. The zero-order valence-corrected chi connectivity index (χ0v) is 15.2. The number of carbonyl (C=O) groups excluding carboxylic acids is 1. The van der Waals surface area contributed by atoms with Crippen LogP contribution < -0.4 is 10.6 Å². The van der Waals surface area contributed by atoms with Gasteiger partial charge in [-0.15, -0.1) is 0 Å². The summed E-state index contributed by atoms with van der Waals surface area (Å²) in [5.74, 6) is 1.49.